The van der Waals surface area contributed by atoms with E-state index in [1.807, 2.05) is 29.2 Å². The molecule has 0 bridgehead atoms. The van der Waals surface area contributed by atoms with E-state index in [2.05, 4.69) is 28.5 Å². The Balaban J connectivity index is 1.29. The highest BCUT2D eigenvalue weighted by Crippen LogP contribution is 2.33. The van der Waals surface area contributed by atoms with Gasteiger partial charge in [-0.15, -0.1) is 0 Å². The van der Waals surface area contributed by atoms with Crippen LogP contribution in [-0.4, -0.2) is 28.2 Å². The molecule has 2 heterocycles. The maximum atomic E-state index is 12.9. The lowest BCUT2D eigenvalue weighted by Gasteiger charge is -2.26. The van der Waals surface area contributed by atoms with Crippen LogP contribution in [0.25, 0.3) is 10.8 Å². The molecular weight excluding hydrogens is 370 g/mol. The molecule has 142 valence electrons. The molecule has 1 aliphatic carbocycles. The number of fused-ring (bicyclic) bond motifs is 2. The summed E-state index contributed by atoms with van der Waals surface area (Å²) in [7, 11) is 0. The van der Waals surface area contributed by atoms with E-state index in [0.29, 0.717) is 24.6 Å². The van der Waals surface area contributed by atoms with Crippen molar-refractivity contribution >= 4 is 39.1 Å². The molecule has 0 radical (unpaired) electrons. The zero-order valence-electron chi connectivity index (χ0n) is 15.5. The summed E-state index contributed by atoms with van der Waals surface area (Å²) < 4.78 is 0. The van der Waals surface area contributed by atoms with Crippen LogP contribution in [0.2, 0.25) is 0 Å². The van der Waals surface area contributed by atoms with Crippen molar-refractivity contribution in [1.29, 1.82) is 0 Å². The Morgan fingerprint density at radius 2 is 1.96 bits per heavy atom. The lowest BCUT2D eigenvalue weighted by Crippen LogP contribution is -2.36. The fourth-order valence-electron chi connectivity index (χ4n) is 3.74. The third-order valence-corrected chi connectivity index (χ3v) is 6.48. The molecule has 28 heavy (non-hydrogen) atoms. The van der Waals surface area contributed by atoms with Crippen LogP contribution >= 0.6 is 11.3 Å². The van der Waals surface area contributed by atoms with Gasteiger partial charge in [-0.25, -0.2) is 4.98 Å². The van der Waals surface area contributed by atoms with Gasteiger partial charge in [-0.2, -0.15) is 0 Å². The Kier molecular flexibility index (Phi) is 4.36. The minimum atomic E-state index is 0.0787. The first-order valence-electron chi connectivity index (χ1n) is 9.71. The smallest absolute Gasteiger partial charge is 0.229 e. The Hall–Kier alpha value is -2.73. The number of rotatable bonds is 4. The molecule has 6 heteroatoms. The van der Waals surface area contributed by atoms with Crippen molar-refractivity contribution in [3.63, 3.8) is 0 Å². The Morgan fingerprint density at radius 3 is 2.82 bits per heavy atom. The summed E-state index contributed by atoms with van der Waals surface area (Å²) in [6.07, 6.45) is 3.11. The molecule has 1 aliphatic heterocycles. The van der Waals surface area contributed by atoms with Crippen LogP contribution < -0.4 is 5.32 Å². The van der Waals surface area contributed by atoms with Crippen LogP contribution in [-0.2, 0) is 29.0 Å². The van der Waals surface area contributed by atoms with E-state index in [4.69, 9.17) is 0 Å². The number of hydrogen-bond donors (Lipinski definition) is 1. The van der Waals surface area contributed by atoms with Crippen LogP contribution in [0.5, 0.6) is 0 Å². The van der Waals surface area contributed by atoms with E-state index in [-0.39, 0.29) is 17.7 Å². The third-order valence-electron chi connectivity index (χ3n) is 5.48. The van der Waals surface area contributed by atoms with E-state index >= 15 is 0 Å². The summed E-state index contributed by atoms with van der Waals surface area (Å²) in [5, 5.41) is 5.90. The number of thiazole rings is 1. The molecule has 2 aromatic carbocycles. The van der Waals surface area contributed by atoms with Gasteiger partial charge < -0.3 is 10.2 Å². The average Bonchev–Trinajstić information content (AvgIpc) is 3.48. The monoisotopic (exact) mass is 391 g/mol. The predicted molar refractivity (Wildman–Crippen MR) is 110 cm³/mol. The van der Waals surface area contributed by atoms with Crippen molar-refractivity contribution in [3.05, 3.63) is 58.6 Å². The van der Waals surface area contributed by atoms with E-state index in [0.717, 1.165) is 46.2 Å². The maximum Gasteiger partial charge on any atom is 0.229 e. The lowest BCUT2D eigenvalue weighted by molar-refractivity contribution is -0.131. The first-order chi connectivity index (χ1) is 13.7. The van der Waals surface area contributed by atoms with Gasteiger partial charge in [-0.05, 0) is 29.2 Å². The largest absolute Gasteiger partial charge is 0.337 e. The van der Waals surface area contributed by atoms with Gasteiger partial charge in [0.15, 0.2) is 5.13 Å². The van der Waals surface area contributed by atoms with E-state index in [9.17, 15) is 9.59 Å². The minimum absolute atomic E-state index is 0.0787. The first kappa shape index (κ1) is 17.4. The van der Waals surface area contributed by atoms with Crippen molar-refractivity contribution in [2.75, 3.05) is 11.9 Å². The fourth-order valence-corrected chi connectivity index (χ4v) is 4.76. The normalized spacial score (nSPS) is 16.1. The fraction of sp³-hybridized carbons (Fsp3) is 0.318. The summed E-state index contributed by atoms with van der Waals surface area (Å²) in [5.74, 6) is 0.383. The van der Waals surface area contributed by atoms with Crippen LogP contribution in [0.3, 0.4) is 0 Å². The van der Waals surface area contributed by atoms with E-state index in [1.165, 1.54) is 11.3 Å². The van der Waals surface area contributed by atoms with Crippen LogP contribution in [0.4, 0.5) is 5.13 Å². The van der Waals surface area contributed by atoms with Gasteiger partial charge in [0.1, 0.15) is 0 Å². The highest BCUT2D eigenvalue weighted by Gasteiger charge is 2.31. The number of benzene rings is 2. The van der Waals surface area contributed by atoms with Gasteiger partial charge in [0.25, 0.3) is 0 Å². The van der Waals surface area contributed by atoms with Gasteiger partial charge in [-0.1, -0.05) is 53.8 Å². The molecular formula is C22H21N3O2S. The second kappa shape index (κ2) is 7.02. The van der Waals surface area contributed by atoms with Crippen molar-refractivity contribution < 1.29 is 9.59 Å². The zero-order valence-corrected chi connectivity index (χ0v) is 16.3. The van der Waals surface area contributed by atoms with Gasteiger partial charge in [0, 0.05) is 23.8 Å². The second-order valence-corrected chi connectivity index (χ2v) is 8.62. The molecule has 0 unspecified atom stereocenters. The highest BCUT2D eigenvalue weighted by atomic mass is 32.1. The Labute approximate surface area is 167 Å². The highest BCUT2D eigenvalue weighted by molar-refractivity contribution is 7.15. The molecule has 2 aliphatic rings. The topological polar surface area (TPSA) is 62.3 Å². The maximum absolute atomic E-state index is 12.9. The summed E-state index contributed by atoms with van der Waals surface area (Å²) in [6, 6.07) is 14.3. The molecule has 0 atom stereocenters. The molecule has 5 nitrogen and oxygen atoms in total. The van der Waals surface area contributed by atoms with Gasteiger partial charge in [0.2, 0.25) is 11.8 Å². The number of hydrogen-bond acceptors (Lipinski definition) is 4. The molecule has 1 fully saturated rings. The first-order valence-corrected chi connectivity index (χ1v) is 10.5. The molecule has 0 spiro atoms. The molecule has 3 aromatic rings. The molecule has 5 rings (SSSR count). The van der Waals surface area contributed by atoms with Gasteiger partial charge >= 0.3 is 0 Å². The molecule has 0 saturated heterocycles. The average molecular weight is 391 g/mol. The van der Waals surface area contributed by atoms with Crippen LogP contribution in [0, 0.1) is 5.92 Å². The van der Waals surface area contributed by atoms with Crippen LogP contribution in [0.15, 0.2) is 42.5 Å². The second-order valence-electron chi connectivity index (χ2n) is 7.53. The number of carbonyl (C=O) groups excluding carboxylic acids is 2. The van der Waals surface area contributed by atoms with Crippen LogP contribution in [0.1, 0.15) is 29.0 Å². The lowest BCUT2D eigenvalue weighted by atomic mass is 10.0. The van der Waals surface area contributed by atoms with E-state index < -0.39 is 0 Å². The summed E-state index contributed by atoms with van der Waals surface area (Å²) in [5.41, 5.74) is 2.08. The quantitative estimate of drug-likeness (QED) is 0.736. The van der Waals surface area contributed by atoms with Crippen molar-refractivity contribution in [1.82, 2.24) is 9.88 Å². The van der Waals surface area contributed by atoms with Gasteiger partial charge in [0.05, 0.1) is 18.7 Å². The van der Waals surface area contributed by atoms with Crippen molar-refractivity contribution in [3.8, 4) is 0 Å². The molecule has 1 N–H and O–H groups in total. The minimum Gasteiger partial charge on any atom is -0.337 e. The Morgan fingerprint density at radius 1 is 1.14 bits per heavy atom. The van der Waals surface area contributed by atoms with Gasteiger partial charge in [-0.3, -0.25) is 9.59 Å². The van der Waals surface area contributed by atoms with E-state index in [1.54, 1.807) is 0 Å². The summed E-state index contributed by atoms with van der Waals surface area (Å²) >= 11 is 1.50. The zero-order chi connectivity index (χ0) is 19.1. The third kappa shape index (κ3) is 3.40. The number of nitrogens with one attached hydrogen (secondary N) is 1. The number of anilines is 1. The SMILES string of the molecule is O=C(Nc1nc2c(s1)CN(C(=O)Cc1cccc3ccccc13)CC2)C1CC1. The number of aromatic nitrogens is 1. The summed E-state index contributed by atoms with van der Waals surface area (Å²) in [6.45, 7) is 1.26. The number of amides is 2. The standard InChI is InChI=1S/C22H21N3O2S/c26-20(12-16-6-3-5-14-4-1-2-7-17(14)16)25-11-10-18-19(13-25)28-22(23-18)24-21(27)15-8-9-15/h1-7,15H,8-13H2,(H,23,24,27). The number of nitrogens with zero attached hydrogens (tertiary/aromatic N) is 2. The number of carbonyl (C=O) groups is 2. The molecule has 1 aromatic heterocycles. The predicted octanol–water partition coefficient (Wildman–Crippen LogP) is 3.77. The molecule has 2 amide bonds. The molecule has 1 saturated carbocycles. The van der Waals surface area contributed by atoms with Crippen molar-refractivity contribution in [2.45, 2.75) is 32.2 Å². The summed E-state index contributed by atoms with van der Waals surface area (Å²) in [4.78, 5) is 32.5. The van der Waals surface area contributed by atoms with Crippen molar-refractivity contribution in [2.24, 2.45) is 5.92 Å². The Bertz CT molecular complexity index is 1070.